The molecule has 0 aliphatic heterocycles. The van der Waals surface area contributed by atoms with Crippen LogP contribution in [-0.4, -0.2) is 33.3 Å². The third-order valence-corrected chi connectivity index (χ3v) is 4.58. The van der Waals surface area contributed by atoms with Crippen molar-refractivity contribution in [2.45, 2.75) is 13.3 Å². The number of carbonyl (C=O) groups excluding carboxylic acids is 1. The first kappa shape index (κ1) is 21.1. The fourth-order valence-corrected chi connectivity index (χ4v) is 3.11. The number of amides is 1. The zero-order valence-corrected chi connectivity index (χ0v) is 17.3. The number of aromatic nitrogens is 2. The van der Waals surface area contributed by atoms with Gasteiger partial charge in [-0.2, -0.15) is 9.78 Å². The summed E-state index contributed by atoms with van der Waals surface area (Å²) in [6.45, 7) is 1.28. The Balaban J connectivity index is 2.14. The number of nitrogens with two attached hydrogens (primary N) is 1. The molecule has 1 heterocycles. The van der Waals surface area contributed by atoms with E-state index in [-0.39, 0.29) is 22.6 Å². The van der Waals surface area contributed by atoms with Crippen LogP contribution < -0.4 is 16.0 Å². The molecule has 154 valence electrons. The Labute approximate surface area is 178 Å². The second-order valence-electron chi connectivity index (χ2n) is 6.11. The van der Waals surface area contributed by atoms with E-state index in [9.17, 15) is 19.7 Å². The fraction of sp³-hybridized carbons (Fsp3) is 0.158. The maximum atomic E-state index is 12.9. The lowest BCUT2D eigenvalue weighted by molar-refractivity contribution is -0.385. The van der Waals surface area contributed by atoms with Crippen LogP contribution in [0.15, 0.2) is 50.8 Å². The molecule has 10 nitrogen and oxygen atoms in total. The number of para-hydroxylation sites is 1. The first-order chi connectivity index (χ1) is 14.3. The topological polar surface area (TPSA) is 143 Å². The summed E-state index contributed by atoms with van der Waals surface area (Å²) in [5.74, 6) is -0.548. The number of primary amides is 1. The van der Waals surface area contributed by atoms with Crippen molar-refractivity contribution in [2.24, 2.45) is 10.8 Å². The van der Waals surface area contributed by atoms with E-state index in [0.717, 1.165) is 9.15 Å². The second-order valence-corrected chi connectivity index (χ2v) is 7.03. The summed E-state index contributed by atoms with van der Waals surface area (Å²) in [6.07, 6.45) is 1.67. The largest absolute Gasteiger partial charge is 0.476 e. The maximum Gasteiger partial charge on any atom is 0.311 e. The van der Waals surface area contributed by atoms with E-state index in [4.69, 9.17) is 10.5 Å². The zero-order valence-electron chi connectivity index (χ0n) is 15.7. The summed E-state index contributed by atoms with van der Waals surface area (Å²) in [4.78, 5) is 39.1. The van der Waals surface area contributed by atoms with Gasteiger partial charge in [0, 0.05) is 22.5 Å². The number of hydrogen-bond donors (Lipinski definition) is 1. The standard InChI is InChI=1S/C19H16BrN5O5/c1-2-17-23-14-7-6-12(20)8-13(14)19(27)24(17)22-9-11-4-3-5-15(25(28)29)18(11)30-10-16(21)26/h3-9H,2,10H2,1H3,(H2,21,26). The molecule has 0 fully saturated rings. The molecule has 0 bridgehead atoms. The number of rotatable bonds is 7. The van der Waals surface area contributed by atoms with Gasteiger partial charge in [0.2, 0.25) is 5.75 Å². The highest BCUT2D eigenvalue weighted by atomic mass is 79.9. The van der Waals surface area contributed by atoms with Gasteiger partial charge in [-0.05, 0) is 24.3 Å². The van der Waals surface area contributed by atoms with Gasteiger partial charge in [-0.1, -0.05) is 28.9 Å². The molecule has 3 aromatic rings. The van der Waals surface area contributed by atoms with Crippen molar-refractivity contribution in [1.29, 1.82) is 0 Å². The highest BCUT2D eigenvalue weighted by Gasteiger charge is 2.19. The molecule has 0 saturated heterocycles. The third-order valence-electron chi connectivity index (χ3n) is 4.08. The van der Waals surface area contributed by atoms with E-state index in [1.807, 2.05) is 6.92 Å². The average molecular weight is 474 g/mol. The molecule has 2 N–H and O–H groups in total. The molecule has 11 heteroatoms. The summed E-state index contributed by atoms with van der Waals surface area (Å²) in [6, 6.07) is 9.33. The summed E-state index contributed by atoms with van der Waals surface area (Å²) >= 11 is 3.33. The summed E-state index contributed by atoms with van der Waals surface area (Å²) in [7, 11) is 0. The quantitative estimate of drug-likeness (QED) is 0.317. The van der Waals surface area contributed by atoms with E-state index < -0.39 is 17.4 Å². The molecule has 1 amide bonds. The first-order valence-corrected chi connectivity index (χ1v) is 9.55. The minimum absolute atomic E-state index is 0.173. The van der Waals surface area contributed by atoms with Crippen molar-refractivity contribution >= 4 is 44.6 Å². The zero-order chi connectivity index (χ0) is 21.8. The van der Waals surface area contributed by atoms with Gasteiger partial charge in [0.05, 0.1) is 22.0 Å². The number of ether oxygens (including phenoxy) is 1. The summed E-state index contributed by atoms with van der Waals surface area (Å²) in [5.41, 5.74) is 5.07. The van der Waals surface area contributed by atoms with Crippen LogP contribution in [0.3, 0.4) is 0 Å². The van der Waals surface area contributed by atoms with Crippen LogP contribution in [0.4, 0.5) is 5.69 Å². The van der Waals surface area contributed by atoms with Crippen LogP contribution in [0.5, 0.6) is 5.75 Å². The van der Waals surface area contributed by atoms with E-state index in [1.165, 1.54) is 24.4 Å². The first-order valence-electron chi connectivity index (χ1n) is 8.76. The van der Waals surface area contributed by atoms with Gasteiger partial charge in [0.25, 0.3) is 11.5 Å². The Hall–Kier alpha value is -3.60. The predicted octanol–water partition coefficient (Wildman–Crippen LogP) is 2.38. The Morgan fingerprint density at radius 2 is 2.17 bits per heavy atom. The van der Waals surface area contributed by atoms with Crippen molar-refractivity contribution < 1.29 is 14.5 Å². The molecule has 30 heavy (non-hydrogen) atoms. The third kappa shape index (κ3) is 4.35. The number of aryl methyl sites for hydroxylation is 1. The lowest BCUT2D eigenvalue weighted by Crippen LogP contribution is -2.22. The van der Waals surface area contributed by atoms with Crippen molar-refractivity contribution in [1.82, 2.24) is 9.66 Å². The van der Waals surface area contributed by atoms with E-state index in [1.54, 1.807) is 18.2 Å². The highest BCUT2D eigenvalue weighted by Crippen LogP contribution is 2.30. The molecular weight excluding hydrogens is 458 g/mol. The molecular formula is C19H16BrN5O5. The Morgan fingerprint density at radius 3 is 2.83 bits per heavy atom. The van der Waals surface area contributed by atoms with E-state index >= 15 is 0 Å². The lowest BCUT2D eigenvalue weighted by Gasteiger charge is -2.09. The van der Waals surface area contributed by atoms with Gasteiger partial charge >= 0.3 is 5.69 Å². The fourth-order valence-electron chi connectivity index (χ4n) is 2.75. The van der Waals surface area contributed by atoms with Crippen molar-refractivity contribution in [3.05, 3.63) is 72.7 Å². The minimum Gasteiger partial charge on any atom is -0.476 e. The molecule has 0 atom stereocenters. The molecule has 0 saturated carbocycles. The van der Waals surface area contributed by atoms with E-state index in [2.05, 4.69) is 26.0 Å². The number of hydrogen-bond acceptors (Lipinski definition) is 7. The summed E-state index contributed by atoms with van der Waals surface area (Å²) in [5, 5.41) is 15.9. The van der Waals surface area contributed by atoms with Crippen molar-refractivity contribution in [2.75, 3.05) is 6.61 Å². The van der Waals surface area contributed by atoms with Gasteiger partial charge in [0.15, 0.2) is 6.61 Å². The maximum absolute atomic E-state index is 12.9. The van der Waals surface area contributed by atoms with Crippen LogP contribution in [-0.2, 0) is 11.2 Å². The van der Waals surface area contributed by atoms with Crippen LogP contribution in [0.1, 0.15) is 18.3 Å². The van der Waals surface area contributed by atoms with Crippen LogP contribution in [0.25, 0.3) is 10.9 Å². The number of fused-ring (bicyclic) bond motifs is 1. The molecule has 0 aliphatic rings. The number of nitrogens with zero attached hydrogens (tertiary/aromatic N) is 4. The Kier molecular flexibility index (Phi) is 6.21. The SMILES string of the molecule is CCc1nc2ccc(Br)cc2c(=O)n1N=Cc1cccc([N+](=O)[O-])c1OCC(N)=O. The molecule has 0 aliphatic carbocycles. The van der Waals surface area contributed by atoms with Gasteiger partial charge in [-0.25, -0.2) is 4.98 Å². The van der Waals surface area contributed by atoms with Gasteiger partial charge in [0.1, 0.15) is 5.82 Å². The van der Waals surface area contributed by atoms with Gasteiger partial charge < -0.3 is 10.5 Å². The number of benzene rings is 2. The van der Waals surface area contributed by atoms with Crippen molar-refractivity contribution in [3.8, 4) is 5.75 Å². The van der Waals surface area contributed by atoms with Crippen molar-refractivity contribution in [3.63, 3.8) is 0 Å². The molecule has 2 aromatic carbocycles. The van der Waals surface area contributed by atoms with Crippen LogP contribution in [0.2, 0.25) is 0 Å². The van der Waals surface area contributed by atoms with E-state index in [0.29, 0.717) is 23.1 Å². The second kappa shape index (κ2) is 8.82. The smallest absolute Gasteiger partial charge is 0.311 e. The molecule has 0 unspecified atom stereocenters. The Bertz CT molecular complexity index is 1240. The average Bonchev–Trinajstić information content (AvgIpc) is 2.71. The normalized spacial score (nSPS) is 11.1. The number of carbonyl (C=O) groups is 1. The van der Waals surface area contributed by atoms with Gasteiger partial charge in [-0.15, -0.1) is 0 Å². The molecule has 0 radical (unpaired) electrons. The molecule has 1 aromatic heterocycles. The molecule has 3 rings (SSSR count). The number of halogens is 1. The predicted molar refractivity (Wildman–Crippen MR) is 114 cm³/mol. The monoisotopic (exact) mass is 473 g/mol. The molecule has 0 spiro atoms. The van der Waals surface area contributed by atoms with Gasteiger partial charge in [-0.3, -0.25) is 19.7 Å². The minimum atomic E-state index is -0.787. The highest BCUT2D eigenvalue weighted by molar-refractivity contribution is 9.10. The summed E-state index contributed by atoms with van der Waals surface area (Å²) < 4.78 is 7.08. The lowest BCUT2D eigenvalue weighted by atomic mass is 10.2. The Morgan fingerprint density at radius 1 is 1.40 bits per heavy atom. The van der Waals surface area contributed by atoms with Crippen LogP contribution in [0, 0.1) is 10.1 Å². The van der Waals surface area contributed by atoms with Crippen LogP contribution >= 0.6 is 15.9 Å². The number of nitro benzene ring substituents is 1. The number of nitro groups is 1.